The number of benzene rings is 2. The molecule has 3 N–H and O–H groups in total. The smallest absolute Gasteiger partial charge is 0.248 e. The van der Waals surface area contributed by atoms with Gasteiger partial charge in [0, 0.05) is 43.0 Å². The van der Waals surface area contributed by atoms with Crippen LogP contribution in [0.1, 0.15) is 12.8 Å². The molecule has 1 saturated heterocycles. The van der Waals surface area contributed by atoms with Gasteiger partial charge in [-0.2, -0.15) is 4.98 Å². The highest BCUT2D eigenvalue weighted by Crippen LogP contribution is 2.29. The molecule has 0 unspecified atom stereocenters. The maximum absolute atomic E-state index is 12.4. The highest BCUT2D eigenvalue weighted by atomic mass is 32.2. The number of hydrogen-bond donors (Lipinski definition) is 3. The van der Waals surface area contributed by atoms with Crippen molar-refractivity contribution in [2.24, 2.45) is 0 Å². The molecule has 1 aliphatic heterocycles. The fraction of sp³-hybridized carbons (Fsp3) is 0.321. The van der Waals surface area contributed by atoms with Crippen LogP contribution in [-0.4, -0.2) is 67.0 Å². The molecule has 1 aromatic heterocycles. The Morgan fingerprint density at radius 2 is 1.84 bits per heavy atom. The van der Waals surface area contributed by atoms with Gasteiger partial charge in [0.1, 0.15) is 18.2 Å². The van der Waals surface area contributed by atoms with Crippen LogP contribution in [0.5, 0.6) is 5.75 Å². The molecular weight excluding hydrogens is 500 g/mol. The molecule has 4 rings (SSSR count). The first-order valence-electron chi connectivity index (χ1n) is 12.6. The molecule has 0 spiro atoms. The number of nitrogens with one attached hydrogen (secondary N) is 3. The van der Waals surface area contributed by atoms with Crippen molar-refractivity contribution in [1.82, 2.24) is 14.9 Å². The van der Waals surface area contributed by atoms with Crippen molar-refractivity contribution < 1.29 is 14.3 Å². The first-order valence-corrected chi connectivity index (χ1v) is 13.8. The summed E-state index contributed by atoms with van der Waals surface area (Å²) in [6.07, 6.45) is 9.75. The third-order valence-corrected chi connectivity index (χ3v) is 6.60. The van der Waals surface area contributed by atoms with E-state index < -0.39 is 0 Å². The second kappa shape index (κ2) is 14.4. The van der Waals surface area contributed by atoms with E-state index in [0.29, 0.717) is 30.7 Å². The normalized spacial score (nSPS) is 13.5. The summed E-state index contributed by atoms with van der Waals surface area (Å²) in [7, 11) is 1.64. The summed E-state index contributed by atoms with van der Waals surface area (Å²) in [4.78, 5) is 24.7. The number of methoxy groups -OCH3 is 1. The van der Waals surface area contributed by atoms with Crippen LogP contribution in [0.2, 0.25) is 0 Å². The van der Waals surface area contributed by atoms with E-state index in [1.165, 1.54) is 12.8 Å². The fourth-order valence-corrected chi connectivity index (χ4v) is 4.39. The van der Waals surface area contributed by atoms with E-state index in [4.69, 9.17) is 9.47 Å². The number of amides is 1. The van der Waals surface area contributed by atoms with Gasteiger partial charge in [0.15, 0.2) is 0 Å². The SMILES string of the molecule is COCCOc1ccc(Nc2ncc(SC)c(Nc3cccc(NC(=O)/C=C/CN4CCCC4)c3)n2)cc1. The van der Waals surface area contributed by atoms with Crippen LogP contribution in [0, 0.1) is 0 Å². The fourth-order valence-electron chi connectivity index (χ4n) is 3.95. The van der Waals surface area contributed by atoms with Crippen LogP contribution >= 0.6 is 11.8 Å². The zero-order valence-electron chi connectivity index (χ0n) is 21.8. The number of rotatable bonds is 13. The maximum atomic E-state index is 12.4. The highest BCUT2D eigenvalue weighted by Gasteiger charge is 2.10. The minimum absolute atomic E-state index is 0.144. The van der Waals surface area contributed by atoms with E-state index in [2.05, 4.69) is 30.8 Å². The van der Waals surface area contributed by atoms with Crippen molar-refractivity contribution in [3.05, 3.63) is 66.9 Å². The zero-order chi connectivity index (χ0) is 26.6. The molecule has 1 fully saturated rings. The molecule has 1 aliphatic rings. The Kier molecular flexibility index (Phi) is 10.4. The molecule has 2 heterocycles. The summed E-state index contributed by atoms with van der Waals surface area (Å²) in [5, 5.41) is 9.53. The van der Waals surface area contributed by atoms with Gasteiger partial charge in [-0.1, -0.05) is 12.1 Å². The van der Waals surface area contributed by atoms with Crippen LogP contribution < -0.4 is 20.7 Å². The molecule has 1 amide bonds. The lowest BCUT2D eigenvalue weighted by Gasteiger charge is -2.13. The average molecular weight is 535 g/mol. The van der Waals surface area contributed by atoms with Gasteiger partial charge >= 0.3 is 0 Å². The molecule has 0 atom stereocenters. The van der Waals surface area contributed by atoms with Gasteiger partial charge in [0.25, 0.3) is 0 Å². The summed E-state index contributed by atoms with van der Waals surface area (Å²) in [5.74, 6) is 1.76. The Bertz CT molecular complexity index is 1220. The van der Waals surface area contributed by atoms with Gasteiger partial charge < -0.3 is 25.4 Å². The topological polar surface area (TPSA) is 101 Å². The van der Waals surface area contributed by atoms with Gasteiger partial charge in [-0.3, -0.25) is 9.69 Å². The second-order valence-corrected chi connectivity index (χ2v) is 9.55. The summed E-state index contributed by atoms with van der Waals surface area (Å²) in [5.41, 5.74) is 2.35. The third kappa shape index (κ3) is 8.47. The molecule has 0 saturated carbocycles. The summed E-state index contributed by atoms with van der Waals surface area (Å²) in [6, 6.07) is 15.2. The van der Waals surface area contributed by atoms with Crippen LogP contribution in [0.3, 0.4) is 0 Å². The lowest BCUT2D eigenvalue weighted by atomic mass is 10.2. The number of thioether (sulfide) groups is 1. The zero-order valence-corrected chi connectivity index (χ0v) is 22.6. The van der Waals surface area contributed by atoms with Gasteiger partial charge in [-0.25, -0.2) is 4.98 Å². The second-order valence-electron chi connectivity index (χ2n) is 8.71. The van der Waals surface area contributed by atoms with Crippen molar-refractivity contribution in [3.8, 4) is 5.75 Å². The molecule has 0 bridgehead atoms. The van der Waals surface area contributed by atoms with Crippen molar-refractivity contribution in [1.29, 1.82) is 0 Å². The number of anilines is 5. The predicted molar refractivity (Wildman–Crippen MR) is 154 cm³/mol. The van der Waals surface area contributed by atoms with Gasteiger partial charge in [-0.15, -0.1) is 11.8 Å². The van der Waals surface area contributed by atoms with E-state index in [1.807, 2.05) is 60.9 Å². The summed E-state index contributed by atoms with van der Waals surface area (Å²) >= 11 is 1.55. The monoisotopic (exact) mass is 534 g/mol. The number of ether oxygens (including phenoxy) is 2. The largest absolute Gasteiger partial charge is 0.491 e. The molecule has 200 valence electrons. The van der Waals surface area contributed by atoms with E-state index >= 15 is 0 Å². The Balaban J connectivity index is 1.37. The predicted octanol–water partition coefficient (Wildman–Crippen LogP) is 5.30. The number of carbonyl (C=O) groups excluding carboxylic acids is 1. The highest BCUT2D eigenvalue weighted by molar-refractivity contribution is 7.98. The van der Waals surface area contributed by atoms with Crippen molar-refractivity contribution in [2.45, 2.75) is 17.7 Å². The van der Waals surface area contributed by atoms with Crippen LogP contribution in [0.4, 0.5) is 28.8 Å². The molecular formula is C28H34N6O3S. The van der Waals surface area contributed by atoms with Crippen LogP contribution in [-0.2, 0) is 9.53 Å². The summed E-state index contributed by atoms with van der Waals surface area (Å²) < 4.78 is 10.6. The molecule has 0 aliphatic carbocycles. The Morgan fingerprint density at radius 1 is 1.05 bits per heavy atom. The van der Waals surface area contributed by atoms with E-state index in [0.717, 1.165) is 41.7 Å². The Labute approximate surface area is 228 Å². The first kappa shape index (κ1) is 27.4. The van der Waals surface area contributed by atoms with E-state index in [1.54, 1.807) is 31.1 Å². The number of carbonyl (C=O) groups is 1. The maximum Gasteiger partial charge on any atom is 0.248 e. The number of aromatic nitrogens is 2. The number of nitrogens with zero attached hydrogens (tertiary/aromatic N) is 3. The van der Waals surface area contributed by atoms with Crippen molar-refractivity contribution in [3.63, 3.8) is 0 Å². The van der Waals surface area contributed by atoms with Crippen LogP contribution in [0.15, 0.2) is 71.8 Å². The average Bonchev–Trinajstić information content (AvgIpc) is 3.44. The molecule has 38 heavy (non-hydrogen) atoms. The van der Waals surface area contributed by atoms with Crippen molar-refractivity contribution >= 4 is 46.5 Å². The minimum atomic E-state index is -0.144. The molecule has 0 radical (unpaired) electrons. The molecule has 3 aromatic rings. The van der Waals surface area contributed by atoms with Gasteiger partial charge in [0.05, 0.1) is 11.5 Å². The third-order valence-electron chi connectivity index (χ3n) is 5.87. The lowest BCUT2D eigenvalue weighted by molar-refractivity contribution is -0.111. The molecule has 9 nitrogen and oxygen atoms in total. The summed E-state index contributed by atoms with van der Waals surface area (Å²) in [6.45, 7) is 4.06. The standard InChI is InChI=1S/C28H34N6O3S/c1-36-17-18-37-24-12-10-21(11-13-24)32-28-29-20-25(38-2)27(33-28)31-23-8-5-7-22(19-23)30-26(35)9-6-16-34-14-3-4-15-34/h5-13,19-20H,3-4,14-18H2,1-2H3,(H,30,35)(H2,29,31,32,33)/b9-6+. The van der Waals surface area contributed by atoms with Crippen LogP contribution in [0.25, 0.3) is 0 Å². The van der Waals surface area contributed by atoms with E-state index in [-0.39, 0.29) is 5.91 Å². The quantitative estimate of drug-likeness (QED) is 0.153. The van der Waals surface area contributed by atoms with Gasteiger partial charge in [0.2, 0.25) is 11.9 Å². The molecule has 2 aromatic carbocycles. The molecule has 10 heteroatoms. The van der Waals surface area contributed by atoms with Gasteiger partial charge in [-0.05, 0) is 74.7 Å². The minimum Gasteiger partial charge on any atom is -0.491 e. The number of likely N-dealkylation sites (tertiary alicyclic amines) is 1. The Hall–Kier alpha value is -3.60. The number of hydrogen-bond acceptors (Lipinski definition) is 9. The first-order chi connectivity index (χ1) is 18.6. The Morgan fingerprint density at radius 3 is 2.61 bits per heavy atom. The van der Waals surface area contributed by atoms with Crippen molar-refractivity contribution in [2.75, 3.05) is 62.2 Å². The van der Waals surface area contributed by atoms with E-state index in [9.17, 15) is 4.79 Å². The lowest BCUT2D eigenvalue weighted by Crippen LogP contribution is -2.19.